The highest BCUT2D eigenvalue weighted by Gasteiger charge is 2.29. The number of ether oxygens (including phenoxy) is 1. The number of aliphatic hydroxyl groups excluding tert-OH is 1. The second-order valence-corrected chi connectivity index (χ2v) is 11.2. The number of alkyl carbamates (subject to hydrolysis) is 1. The monoisotopic (exact) mass is 571 g/mol. The third-order valence-electron chi connectivity index (χ3n) is 6.00. The number of benzene rings is 3. The molecule has 0 saturated heterocycles. The summed E-state index contributed by atoms with van der Waals surface area (Å²) in [7, 11) is 0. The average Bonchev–Trinajstić information content (AvgIpc) is 2.86. The fraction of sp³-hybridized carbons (Fsp3) is 0.333. The van der Waals surface area contributed by atoms with Crippen molar-refractivity contribution >= 4 is 40.9 Å². The molecule has 0 aliphatic rings. The molecule has 5 N–H and O–H groups in total. The molecule has 39 heavy (non-hydrogen) atoms. The van der Waals surface area contributed by atoms with Gasteiger partial charge in [0.25, 0.3) is 5.91 Å². The average molecular weight is 573 g/mol. The van der Waals surface area contributed by atoms with Gasteiger partial charge in [-0.1, -0.05) is 83.9 Å². The Hall–Kier alpha value is -3.26. The predicted molar refractivity (Wildman–Crippen MR) is 156 cm³/mol. The first kappa shape index (κ1) is 30.3. The van der Waals surface area contributed by atoms with Crippen LogP contribution in [0.15, 0.2) is 72.8 Å². The van der Waals surface area contributed by atoms with Gasteiger partial charge in [0.1, 0.15) is 5.60 Å². The van der Waals surface area contributed by atoms with Crippen LogP contribution in [0.25, 0.3) is 0 Å². The van der Waals surface area contributed by atoms with Crippen LogP contribution in [0.5, 0.6) is 0 Å². The molecule has 0 bridgehead atoms. The lowest BCUT2D eigenvalue weighted by Crippen LogP contribution is -2.49. The first-order valence-electron chi connectivity index (χ1n) is 12.7. The molecule has 0 fully saturated rings. The van der Waals surface area contributed by atoms with E-state index in [9.17, 15) is 14.7 Å². The molecule has 0 heterocycles. The SMILES string of the molecule is CC(C)(C)OC(=O)NC(Cc1ccccc1)CC(O)C(Cc1ccccc1)NC(=O)c1c(Cl)ccc(N)c1Cl. The maximum Gasteiger partial charge on any atom is 0.407 e. The zero-order valence-corrected chi connectivity index (χ0v) is 23.8. The molecule has 3 atom stereocenters. The maximum absolute atomic E-state index is 13.3. The Balaban J connectivity index is 1.86. The summed E-state index contributed by atoms with van der Waals surface area (Å²) in [5.74, 6) is -0.558. The van der Waals surface area contributed by atoms with E-state index in [1.54, 1.807) is 20.8 Å². The number of aliphatic hydroxyl groups is 1. The van der Waals surface area contributed by atoms with Gasteiger partial charge in [0.15, 0.2) is 0 Å². The van der Waals surface area contributed by atoms with Crippen molar-refractivity contribution in [2.45, 2.75) is 63.8 Å². The molecule has 0 aliphatic carbocycles. The van der Waals surface area contributed by atoms with E-state index in [4.69, 9.17) is 33.7 Å². The van der Waals surface area contributed by atoms with Gasteiger partial charge in [0.2, 0.25) is 0 Å². The Morgan fingerprint density at radius 2 is 1.46 bits per heavy atom. The molecule has 2 amide bonds. The standard InChI is InChI=1S/C30H35Cl2N3O4/c1-30(2,3)39-29(38)34-21(16-19-10-6-4-7-11-19)18-25(36)24(17-20-12-8-5-9-13-20)35-28(37)26-22(31)14-15-23(33)27(26)32/h4-15,21,24-25,36H,16-18,33H2,1-3H3,(H,34,38)(H,35,37). The van der Waals surface area contributed by atoms with Crippen LogP contribution in [0.4, 0.5) is 10.5 Å². The quantitative estimate of drug-likeness (QED) is 0.229. The van der Waals surface area contributed by atoms with Crippen molar-refractivity contribution in [1.82, 2.24) is 10.6 Å². The van der Waals surface area contributed by atoms with Gasteiger partial charge in [-0.3, -0.25) is 4.79 Å². The summed E-state index contributed by atoms with van der Waals surface area (Å²) in [6.07, 6.45) is -0.704. The molecule has 3 rings (SSSR count). The van der Waals surface area contributed by atoms with Crippen LogP contribution in [0.2, 0.25) is 10.0 Å². The van der Waals surface area contributed by atoms with Gasteiger partial charge in [-0.2, -0.15) is 0 Å². The third kappa shape index (κ3) is 9.46. The summed E-state index contributed by atoms with van der Waals surface area (Å²) in [4.78, 5) is 26.0. The second kappa shape index (κ2) is 13.7. The molecule has 7 nitrogen and oxygen atoms in total. The topological polar surface area (TPSA) is 114 Å². The van der Waals surface area contributed by atoms with Crippen LogP contribution < -0.4 is 16.4 Å². The van der Waals surface area contributed by atoms with Gasteiger partial charge in [-0.05, 0) is 63.3 Å². The van der Waals surface area contributed by atoms with E-state index in [1.165, 1.54) is 12.1 Å². The zero-order chi connectivity index (χ0) is 28.6. The Bertz CT molecular complexity index is 1250. The van der Waals surface area contributed by atoms with Crippen molar-refractivity contribution in [1.29, 1.82) is 0 Å². The van der Waals surface area contributed by atoms with Crippen molar-refractivity contribution in [2.75, 3.05) is 5.73 Å². The van der Waals surface area contributed by atoms with E-state index in [0.717, 1.165) is 11.1 Å². The van der Waals surface area contributed by atoms with Gasteiger partial charge < -0.3 is 26.2 Å². The number of rotatable bonds is 10. The van der Waals surface area contributed by atoms with Crippen LogP contribution in [0.3, 0.4) is 0 Å². The first-order valence-corrected chi connectivity index (χ1v) is 13.5. The van der Waals surface area contributed by atoms with Crippen molar-refractivity contribution in [2.24, 2.45) is 0 Å². The highest BCUT2D eigenvalue weighted by atomic mass is 35.5. The summed E-state index contributed by atoms with van der Waals surface area (Å²) in [6.45, 7) is 5.35. The lowest BCUT2D eigenvalue weighted by Gasteiger charge is -2.29. The minimum atomic E-state index is -1.04. The first-order chi connectivity index (χ1) is 18.4. The van der Waals surface area contributed by atoms with Crippen LogP contribution in [0, 0.1) is 0 Å². The Labute approximate surface area is 239 Å². The molecule has 9 heteroatoms. The Morgan fingerprint density at radius 3 is 2.03 bits per heavy atom. The van der Waals surface area contributed by atoms with Crippen LogP contribution in [-0.2, 0) is 17.6 Å². The minimum absolute atomic E-state index is 0.0383. The third-order valence-corrected chi connectivity index (χ3v) is 6.72. The van der Waals surface area contributed by atoms with E-state index >= 15 is 0 Å². The molecule has 3 unspecified atom stereocenters. The molecule has 208 valence electrons. The van der Waals surface area contributed by atoms with Gasteiger partial charge in [0.05, 0.1) is 33.4 Å². The molecular weight excluding hydrogens is 537 g/mol. The lowest BCUT2D eigenvalue weighted by molar-refractivity contribution is 0.0463. The van der Waals surface area contributed by atoms with Crippen LogP contribution in [-0.4, -0.2) is 40.9 Å². The minimum Gasteiger partial charge on any atom is -0.444 e. The van der Waals surface area contributed by atoms with Crippen molar-refractivity contribution in [3.05, 3.63) is 99.5 Å². The number of amides is 2. The summed E-state index contributed by atoms with van der Waals surface area (Å²) in [5.41, 5.74) is 7.36. The van der Waals surface area contributed by atoms with Crippen molar-refractivity contribution < 1.29 is 19.4 Å². The summed E-state index contributed by atoms with van der Waals surface area (Å²) < 4.78 is 5.46. The molecule has 0 spiro atoms. The van der Waals surface area contributed by atoms with E-state index in [1.807, 2.05) is 60.7 Å². The molecule has 0 saturated carbocycles. The lowest BCUT2D eigenvalue weighted by atomic mass is 9.93. The highest BCUT2D eigenvalue weighted by molar-refractivity contribution is 6.41. The Kier molecular flexibility index (Phi) is 10.6. The number of hydrogen-bond acceptors (Lipinski definition) is 5. The number of carbonyl (C=O) groups is 2. The number of carbonyl (C=O) groups excluding carboxylic acids is 2. The Morgan fingerprint density at radius 1 is 0.897 bits per heavy atom. The number of hydrogen-bond donors (Lipinski definition) is 4. The largest absolute Gasteiger partial charge is 0.444 e. The summed E-state index contributed by atoms with van der Waals surface area (Å²) >= 11 is 12.6. The fourth-order valence-corrected chi connectivity index (χ4v) is 4.73. The summed E-state index contributed by atoms with van der Waals surface area (Å²) in [6, 6.07) is 20.9. The van der Waals surface area contributed by atoms with E-state index in [-0.39, 0.29) is 27.7 Å². The van der Waals surface area contributed by atoms with Gasteiger partial charge in [-0.15, -0.1) is 0 Å². The number of nitrogens with two attached hydrogens (primary N) is 1. The number of nitrogens with one attached hydrogen (secondary N) is 2. The molecule has 0 aliphatic heterocycles. The maximum atomic E-state index is 13.3. The second-order valence-electron chi connectivity index (χ2n) is 10.4. The molecule has 0 radical (unpaired) electrons. The smallest absolute Gasteiger partial charge is 0.407 e. The van der Waals surface area contributed by atoms with E-state index in [0.29, 0.717) is 12.8 Å². The van der Waals surface area contributed by atoms with Crippen molar-refractivity contribution in [3.8, 4) is 0 Å². The number of halogens is 2. The number of nitrogen functional groups attached to an aromatic ring is 1. The molecular formula is C30H35Cl2N3O4. The van der Waals surface area contributed by atoms with Crippen molar-refractivity contribution in [3.63, 3.8) is 0 Å². The normalized spacial score (nSPS) is 13.7. The molecule has 3 aromatic carbocycles. The van der Waals surface area contributed by atoms with Gasteiger partial charge in [0, 0.05) is 6.04 Å². The predicted octanol–water partition coefficient (Wildman–Crippen LogP) is 5.80. The van der Waals surface area contributed by atoms with Crippen LogP contribution >= 0.6 is 23.2 Å². The molecule has 3 aromatic rings. The molecule has 0 aromatic heterocycles. The van der Waals surface area contributed by atoms with Crippen LogP contribution in [0.1, 0.15) is 48.7 Å². The zero-order valence-electron chi connectivity index (χ0n) is 22.3. The summed E-state index contributed by atoms with van der Waals surface area (Å²) in [5, 5.41) is 17.4. The van der Waals surface area contributed by atoms with Gasteiger partial charge >= 0.3 is 6.09 Å². The van der Waals surface area contributed by atoms with E-state index in [2.05, 4.69) is 10.6 Å². The highest BCUT2D eigenvalue weighted by Crippen LogP contribution is 2.30. The number of anilines is 1. The fourth-order valence-electron chi connectivity index (χ4n) is 4.19. The van der Waals surface area contributed by atoms with E-state index < -0.39 is 35.8 Å². The van der Waals surface area contributed by atoms with Gasteiger partial charge in [-0.25, -0.2) is 4.79 Å².